The van der Waals surface area contributed by atoms with E-state index in [1.807, 2.05) is 0 Å². The van der Waals surface area contributed by atoms with Crippen molar-refractivity contribution < 1.29 is 27.8 Å². The smallest absolute Gasteiger partial charge is 0.312 e. The molecule has 2 aromatic carbocycles. The number of rotatable bonds is 5. The Morgan fingerprint density at radius 1 is 1.15 bits per heavy atom. The summed E-state index contributed by atoms with van der Waals surface area (Å²) < 4.78 is 36.8. The molecule has 1 fully saturated rings. The summed E-state index contributed by atoms with van der Waals surface area (Å²) >= 11 is 0. The van der Waals surface area contributed by atoms with Gasteiger partial charge in [0.2, 0.25) is 6.79 Å². The summed E-state index contributed by atoms with van der Waals surface area (Å²) in [4.78, 5) is 12.1. The summed E-state index contributed by atoms with van der Waals surface area (Å²) in [5.74, 6) is -0.955. The Kier molecular flexibility index (Phi) is 3.71. The second-order valence-electron chi connectivity index (χ2n) is 6.42. The minimum Gasteiger partial charge on any atom is -0.481 e. The van der Waals surface area contributed by atoms with Crippen LogP contribution in [0.15, 0.2) is 53.4 Å². The van der Waals surface area contributed by atoms with E-state index >= 15 is 0 Å². The van der Waals surface area contributed by atoms with Crippen molar-refractivity contribution in [1.29, 1.82) is 0 Å². The van der Waals surface area contributed by atoms with Gasteiger partial charge in [-0.15, -0.1) is 0 Å². The van der Waals surface area contributed by atoms with Crippen LogP contribution in [-0.4, -0.2) is 38.1 Å². The molecule has 0 amide bonds. The highest BCUT2D eigenvalue weighted by Gasteiger charge is 2.75. The number of carboxylic acids is 1. The number of aliphatic carboxylic acids is 1. The number of carbonyl (C=O) groups is 1. The number of fused-ring (bicyclic) bond motifs is 1. The van der Waals surface area contributed by atoms with Gasteiger partial charge < -0.3 is 20.3 Å². The first-order chi connectivity index (χ1) is 12.4. The van der Waals surface area contributed by atoms with Gasteiger partial charge in [0.15, 0.2) is 21.3 Å². The average Bonchev–Trinajstić information content (AvgIpc) is 3.15. The van der Waals surface area contributed by atoms with E-state index in [1.165, 1.54) is 12.1 Å². The molecule has 1 aliphatic carbocycles. The molecular formula is C18H17NO6S. The number of nitrogens with two attached hydrogens (primary N) is 1. The normalized spacial score (nSPS) is 26.5. The maximum absolute atomic E-state index is 13.1. The average molecular weight is 375 g/mol. The summed E-state index contributed by atoms with van der Waals surface area (Å²) in [5, 5.41) is 8.67. The first-order valence-electron chi connectivity index (χ1n) is 8.05. The van der Waals surface area contributed by atoms with Crippen molar-refractivity contribution in [1.82, 2.24) is 0 Å². The van der Waals surface area contributed by atoms with Crippen molar-refractivity contribution >= 4 is 15.8 Å². The SMILES string of the molecule is NC[C@]1(C(=O)O)[C@@H](c2ccc3c(c2)OCO3)[C@@H]1S(=O)(=O)c1ccccc1. The van der Waals surface area contributed by atoms with Crippen LogP contribution in [0.1, 0.15) is 11.5 Å². The molecule has 1 aliphatic heterocycles. The first kappa shape index (κ1) is 16.9. The molecule has 0 spiro atoms. The third-order valence-electron chi connectivity index (χ3n) is 5.15. The molecule has 0 aromatic heterocycles. The Bertz CT molecular complexity index is 974. The molecule has 1 heterocycles. The Hall–Kier alpha value is -2.58. The molecule has 0 unspecified atom stereocenters. The number of hydrogen-bond acceptors (Lipinski definition) is 6. The van der Waals surface area contributed by atoms with E-state index in [1.54, 1.807) is 36.4 Å². The second-order valence-corrected chi connectivity index (χ2v) is 8.49. The number of ether oxygens (including phenoxy) is 2. The maximum Gasteiger partial charge on any atom is 0.312 e. The lowest BCUT2D eigenvalue weighted by Crippen LogP contribution is -2.31. The van der Waals surface area contributed by atoms with Crippen LogP contribution in [0, 0.1) is 5.41 Å². The molecule has 2 aliphatic rings. The van der Waals surface area contributed by atoms with E-state index in [4.69, 9.17) is 15.2 Å². The molecule has 0 bridgehead atoms. The van der Waals surface area contributed by atoms with Crippen molar-refractivity contribution in [2.24, 2.45) is 11.1 Å². The molecular weight excluding hydrogens is 358 g/mol. The summed E-state index contributed by atoms with van der Waals surface area (Å²) in [5.41, 5.74) is 4.77. The van der Waals surface area contributed by atoms with Crippen LogP contribution in [0.4, 0.5) is 0 Å². The zero-order chi connectivity index (χ0) is 18.5. The van der Waals surface area contributed by atoms with Crippen LogP contribution in [0.5, 0.6) is 11.5 Å². The standard InChI is InChI=1S/C18H17NO6S/c19-9-18(17(20)21)15(11-6-7-13-14(8-11)25-10-24-13)16(18)26(22,23)12-4-2-1-3-5-12/h1-8,15-16H,9-10,19H2,(H,20,21)/t15-,16-,18-/m0/s1. The zero-order valence-corrected chi connectivity index (χ0v) is 14.5. The quantitative estimate of drug-likeness (QED) is 0.811. The summed E-state index contributed by atoms with van der Waals surface area (Å²) in [6.07, 6.45) is 0. The Morgan fingerprint density at radius 3 is 2.50 bits per heavy atom. The molecule has 3 atom stereocenters. The molecule has 2 aromatic rings. The Morgan fingerprint density at radius 2 is 1.85 bits per heavy atom. The Labute approximate surface area is 150 Å². The number of carboxylic acid groups (broad SMARTS) is 1. The topological polar surface area (TPSA) is 116 Å². The lowest BCUT2D eigenvalue weighted by Gasteiger charge is -2.10. The summed E-state index contributed by atoms with van der Waals surface area (Å²) in [6, 6.07) is 12.8. The highest BCUT2D eigenvalue weighted by Crippen LogP contribution is 2.64. The van der Waals surface area contributed by atoms with Gasteiger partial charge in [0.1, 0.15) is 5.41 Å². The molecule has 8 heteroatoms. The molecule has 0 saturated heterocycles. The van der Waals surface area contributed by atoms with Gasteiger partial charge >= 0.3 is 5.97 Å². The van der Waals surface area contributed by atoms with Crippen molar-refractivity contribution in [2.45, 2.75) is 16.1 Å². The van der Waals surface area contributed by atoms with E-state index < -0.39 is 32.4 Å². The lowest BCUT2D eigenvalue weighted by molar-refractivity contribution is -0.143. The largest absolute Gasteiger partial charge is 0.481 e. The van der Waals surface area contributed by atoms with Gasteiger partial charge in [0, 0.05) is 12.5 Å². The van der Waals surface area contributed by atoms with Crippen molar-refractivity contribution in [3.05, 3.63) is 54.1 Å². The minimum absolute atomic E-state index is 0.0795. The van der Waals surface area contributed by atoms with Crippen molar-refractivity contribution in [3.8, 4) is 11.5 Å². The van der Waals surface area contributed by atoms with Crippen LogP contribution in [0.2, 0.25) is 0 Å². The molecule has 1 saturated carbocycles. The fraction of sp³-hybridized carbons (Fsp3) is 0.278. The number of benzene rings is 2. The van der Waals surface area contributed by atoms with E-state index in [0.717, 1.165) is 0 Å². The number of hydrogen-bond donors (Lipinski definition) is 2. The van der Waals surface area contributed by atoms with Crippen LogP contribution in [0.25, 0.3) is 0 Å². The summed E-state index contributed by atoms with van der Waals surface area (Å²) in [6.45, 7) is -0.200. The third-order valence-corrected chi connectivity index (χ3v) is 7.44. The highest BCUT2D eigenvalue weighted by molar-refractivity contribution is 7.92. The third kappa shape index (κ3) is 2.22. The van der Waals surface area contributed by atoms with Crippen molar-refractivity contribution in [2.75, 3.05) is 13.3 Å². The van der Waals surface area contributed by atoms with Crippen LogP contribution in [-0.2, 0) is 14.6 Å². The minimum atomic E-state index is -3.87. The molecule has 4 rings (SSSR count). The number of sulfone groups is 1. The first-order valence-corrected chi connectivity index (χ1v) is 9.59. The fourth-order valence-electron chi connectivity index (χ4n) is 3.78. The van der Waals surface area contributed by atoms with Gasteiger partial charge in [-0.3, -0.25) is 4.79 Å². The van der Waals surface area contributed by atoms with Gasteiger partial charge in [0.05, 0.1) is 10.1 Å². The lowest BCUT2D eigenvalue weighted by atomic mass is 9.99. The predicted molar refractivity (Wildman–Crippen MR) is 91.8 cm³/mol. The Balaban J connectivity index is 1.81. The predicted octanol–water partition coefficient (Wildman–Crippen LogP) is 1.38. The van der Waals surface area contributed by atoms with Gasteiger partial charge in [-0.2, -0.15) is 0 Å². The van der Waals surface area contributed by atoms with Gasteiger partial charge in [-0.25, -0.2) is 8.42 Å². The van der Waals surface area contributed by atoms with Crippen LogP contribution >= 0.6 is 0 Å². The van der Waals surface area contributed by atoms with E-state index in [9.17, 15) is 18.3 Å². The maximum atomic E-state index is 13.1. The monoisotopic (exact) mass is 375 g/mol. The molecule has 3 N–H and O–H groups in total. The zero-order valence-electron chi connectivity index (χ0n) is 13.7. The van der Waals surface area contributed by atoms with Gasteiger partial charge in [0.25, 0.3) is 0 Å². The van der Waals surface area contributed by atoms with Crippen molar-refractivity contribution in [3.63, 3.8) is 0 Å². The summed E-state index contributed by atoms with van der Waals surface area (Å²) in [7, 11) is -3.87. The van der Waals surface area contributed by atoms with E-state index in [2.05, 4.69) is 0 Å². The van der Waals surface area contributed by atoms with Gasteiger partial charge in [-0.1, -0.05) is 24.3 Å². The molecule has 0 radical (unpaired) electrons. The van der Waals surface area contributed by atoms with Gasteiger partial charge in [-0.05, 0) is 29.8 Å². The second kappa shape index (κ2) is 5.72. The van der Waals surface area contributed by atoms with E-state index in [-0.39, 0.29) is 18.2 Å². The van der Waals surface area contributed by atoms with E-state index in [0.29, 0.717) is 17.1 Å². The molecule has 136 valence electrons. The van der Waals surface area contributed by atoms with Crippen LogP contribution < -0.4 is 15.2 Å². The fourth-order valence-corrected chi connectivity index (χ4v) is 6.19. The van der Waals surface area contributed by atoms with Crippen LogP contribution in [0.3, 0.4) is 0 Å². The molecule has 7 nitrogen and oxygen atoms in total. The molecule has 26 heavy (non-hydrogen) atoms. The highest BCUT2D eigenvalue weighted by atomic mass is 32.2.